The summed E-state index contributed by atoms with van der Waals surface area (Å²) in [5, 5.41) is 6.51. The van der Waals surface area contributed by atoms with E-state index in [9.17, 15) is 9.59 Å². The van der Waals surface area contributed by atoms with E-state index in [1.165, 1.54) is 0 Å². The van der Waals surface area contributed by atoms with Crippen LogP contribution in [0, 0.1) is 6.92 Å². The standard InChI is InChI=1S/C21H21ClN4O2/c1-13-12-14(22)9-10-16(13)24-20(27)18-17-8-4-5-11-26(17)19(25-18)21(28)23-15-6-2-3-7-15/h4-5,8-12,15H,2-3,6-7H2,1H3,(H,23,28)(H,24,27). The molecular weight excluding hydrogens is 376 g/mol. The third-order valence-electron chi connectivity index (χ3n) is 5.09. The second kappa shape index (κ2) is 7.64. The van der Waals surface area contributed by atoms with E-state index in [2.05, 4.69) is 15.6 Å². The smallest absolute Gasteiger partial charge is 0.287 e. The van der Waals surface area contributed by atoms with Gasteiger partial charge < -0.3 is 10.6 Å². The van der Waals surface area contributed by atoms with Crippen LogP contribution in [0.3, 0.4) is 0 Å². The zero-order valence-corrected chi connectivity index (χ0v) is 16.3. The molecule has 1 saturated carbocycles. The first kappa shape index (κ1) is 18.5. The molecule has 0 radical (unpaired) electrons. The average Bonchev–Trinajstić information content (AvgIpc) is 3.31. The quantitative estimate of drug-likeness (QED) is 0.693. The molecule has 0 unspecified atom stereocenters. The van der Waals surface area contributed by atoms with Crippen LogP contribution in [0.4, 0.5) is 5.69 Å². The van der Waals surface area contributed by atoms with E-state index in [-0.39, 0.29) is 29.4 Å². The molecule has 0 spiro atoms. The summed E-state index contributed by atoms with van der Waals surface area (Å²) < 4.78 is 1.66. The van der Waals surface area contributed by atoms with E-state index in [0.717, 1.165) is 31.2 Å². The van der Waals surface area contributed by atoms with E-state index in [0.29, 0.717) is 16.2 Å². The number of carbonyl (C=O) groups excluding carboxylic acids is 2. The molecule has 28 heavy (non-hydrogen) atoms. The van der Waals surface area contributed by atoms with Gasteiger partial charge in [0, 0.05) is 22.9 Å². The molecule has 3 aromatic rings. The number of imidazole rings is 1. The van der Waals surface area contributed by atoms with Gasteiger partial charge >= 0.3 is 0 Å². The van der Waals surface area contributed by atoms with Gasteiger partial charge in [-0.2, -0.15) is 0 Å². The summed E-state index contributed by atoms with van der Waals surface area (Å²) in [7, 11) is 0. The second-order valence-electron chi connectivity index (χ2n) is 7.11. The summed E-state index contributed by atoms with van der Waals surface area (Å²) in [6.45, 7) is 1.87. The number of hydrogen-bond acceptors (Lipinski definition) is 3. The van der Waals surface area contributed by atoms with Gasteiger partial charge in [0.2, 0.25) is 5.82 Å². The molecule has 7 heteroatoms. The first-order valence-corrected chi connectivity index (χ1v) is 9.76. The minimum absolute atomic E-state index is 0.178. The maximum atomic E-state index is 12.9. The lowest BCUT2D eigenvalue weighted by molar-refractivity contribution is 0.0926. The van der Waals surface area contributed by atoms with Crippen LogP contribution in [0.1, 0.15) is 52.4 Å². The molecule has 2 N–H and O–H groups in total. The van der Waals surface area contributed by atoms with Gasteiger partial charge in [-0.05, 0) is 55.7 Å². The first-order chi connectivity index (χ1) is 13.5. The molecule has 2 aromatic heterocycles. The van der Waals surface area contributed by atoms with Crippen molar-refractivity contribution in [3.63, 3.8) is 0 Å². The van der Waals surface area contributed by atoms with Crippen LogP contribution in [0.25, 0.3) is 5.52 Å². The van der Waals surface area contributed by atoms with Crippen molar-refractivity contribution in [3.05, 3.63) is 64.7 Å². The number of fused-ring (bicyclic) bond motifs is 1. The number of rotatable bonds is 4. The fourth-order valence-corrected chi connectivity index (χ4v) is 3.86. The number of anilines is 1. The molecule has 0 aliphatic heterocycles. The van der Waals surface area contributed by atoms with Gasteiger partial charge in [-0.3, -0.25) is 14.0 Å². The zero-order valence-electron chi connectivity index (χ0n) is 15.5. The topological polar surface area (TPSA) is 75.5 Å². The number of carbonyl (C=O) groups is 2. The summed E-state index contributed by atoms with van der Waals surface area (Å²) in [6.07, 6.45) is 5.97. The van der Waals surface area contributed by atoms with E-state index in [1.807, 2.05) is 19.1 Å². The highest BCUT2D eigenvalue weighted by Crippen LogP contribution is 2.22. The lowest BCUT2D eigenvalue weighted by Gasteiger charge is -2.10. The van der Waals surface area contributed by atoms with Crippen molar-refractivity contribution in [3.8, 4) is 0 Å². The summed E-state index contributed by atoms with van der Waals surface area (Å²) in [4.78, 5) is 30.0. The first-order valence-electron chi connectivity index (χ1n) is 9.38. The number of aromatic nitrogens is 2. The van der Waals surface area contributed by atoms with Gasteiger partial charge in [0.05, 0.1) is 5.52 Å². The lowest BCUT2D eigenvalue weighted by Crippen LogP contribution is -2.33. The summed E-state index contributed by atoms with van der Waals surface area (Å²) >= 11 is 5.98. The zero-order chi connectivity index (χ0) is 19.7. The Morgan fingerprint density at radius 2 is 1.93 bits per heavy atom. The van der Waals surface area contributed by atoms with Crippen LogP contribution in [0.15, 0.2) is 42.6 Å². The number of hydrogen-bond donors (Lipinski definition) is 2. The predicted octanol–water partition coefficient (Wildman–Crippen LogP) is 4.22. The maximum Gasteiger partial charge on any atom is 0.287 e. The Hall–Kier alpha value is -2.86. The lowest BCUT2D eigenvalue weighted by atomic mass is 10.2. The fraction of sp³-hybridized carbons (Fsp3) is 0.286. The normalized spacial score (nSPS) is 14.4. The minimum Gasteiger partial charge on any atom is -0.347 e. The van der Waals surface area contributed by atoms with Crippen molar-refractivity contribution < 1.29 is 9.59 Å². The van der Waals surface area contributed by atoms with Gasteiger partial charge in [-0.1, -0.05) is 30.5 Å². The van der Waals surface area contributed by atoms with Crippen molar-refractivity contribution >= 4 is 34.6 Å². The highest BCUT2D eigenvalue weighted by molar-refractivity contribution is 6.30. The highest BCUT2D eigenvalue weighted by Gasteiger charge is 2.24. The molecule has 6 nitrogen and oxygen atoms in total. The van der Waals surface area contributed by atoms with Crippen molar-refractivity contribution in [2.75, 3.05) is 5.32 Å². The number of amides is 2. The van der Waals surface area contributed by atoms with E-state index in [1.54, 1.807) is 34.9 Å². The molecule has 144 valence electrons. The molecule has 0 atom stereocenters. The predicted molar refractivity (Wildman–Crippen MR) is 109 cm³/mol. The number of benzene rings is 1. The van der Waals surface area contributed by atoms with Crippen molar-refractivity contribution in [2.24, 2.45) is 0 Å². The molecule has 2 amide bonds. The molecule has 0 bridgehead atoms. The summed E-state index contributed by atoms with van der Waals surface area (Å²) in [5.41, 5.74) is 2.31. The fourth-order valence-electron chi connectivity index (χ4n) is 3.63. The highest BCUT2D eigenvalue weighted by atomic mass is 35.5. The number of pyridine rings is 1. The van der Waals surface area contributed by atoms with Gasteiger partial charge in [0.1, 0.15) is 0 Å². The Morgan fingerprint density at radius 3 is 2.68 bits per heavy atom. The molecule has 0 saturated heterocycles. The van der Waals surface area contributed by atoms with Crippen LogP contribution in [-0.4, -0.2) is 27.2 Å². The van der Waals surface area contributed by atoms with E-state index < -0.39 is 0 Å². The SMILES string of the molecule is Cc1cc(Cl)ccc1NC(=O)c1nc(C(=O)NC2CCCC2)n2ccccc12. The van der Waals surface area contributed by atoms with Crippen molar-refractivity contribution in [2.45, 2.75) is 38.6 Å². The monoisotopic (exact) mass is 396 g/mol. The third-order valence-corrected chi connectivity index (χ3v) is 5.33. The van der Waals surface area contributed by atoms with Crippen LogP contribution < -0.4 is 10.6 Å². The summed E-state index contributed by atoms with van der Waals surface area (Å²) in [6, 6.07) is 10.8. The van der Waals surface area contributed by atoms with Gasteiger partial charge in [-0.15, -0.1) is 0 Å². The largest absolute Gasteiger partial charge is 0.347 e. The van der Waals surface area contributed by atoms with Crippen LogP contribution >= 0.6 is 11.6 Å². The molecule has 4 rings (SSSR count). The number of nitrogens with one attached hydrogen (secondary N) is 2. The van der Waals surface area contributed by atoms with Gasteiger partial charge in [0.15, 0.2) is 5.69 Å². The van der Waals surface area contributed by atoms with E-state index in [4.69, 9.17) is 11.6 Å². The molecule has 2 heterocycles. The Labute approximate surface area is 167 Å². The third kappa shape index (κ3) is 3.60. The molecule has 1 aliphatic rings. The van der Waals surface area contributed by atoms with Crippen LogP contribution in [0.2, 0.25) is 5.02 Å². The Kier molecular flexibility index (Phi) is 5.05. The molecule has 1 fully saturated rings. The van der Waals surface area contributed by atoms with Crippen LogP contribution in [0.5, 0.6) is 0 Å². The van der Waals surface area contributed by atoms with Crippen molar-refractivity contribution in [1.82, 2.24) is 14.7 Å². The average molecular weight is 397 g/mol. The molecule has 1 aromatic carbocycles. The van der Waals surface area contributed by atoms with Crippen molar-refractivity contribution in [1.29, 1.82) is 0 Å². The number of aryl methyl sites for hydroxylation is 1. The van der Waals surface area contributed by atoms with Gasteiger partial charge in [-0.25, -0.2) is 4.98 Å². The van der Waals surface area contributed by atoms with Gasteiger partial charge in [0.25, 0.3) is 11.8 Å². The molecule has 1 aliphatic carbocycles. The minimum atomic E-state index is -0.367. The maximum absolute atomic E-state index is 12.9. The Bertz CT molecular complexity index is 1050. The van der Waals surface area contributed by atoms with Crippen LogP contribution in [-0.2, 0) is 0 Å². The molecular formula is C21H21ClN4O2. The Morgan fingerprint density at radius 1 is 1.14 bits per heavy atom. The Balaban J connectivity index is 1.65. The second-order valence-corrected chi connectivity index (χ2v) is 7.54. The van der Waals surface area contributed by atoms with E-state index >= 15 is 0 Å². The summed E-state index contributed by atoms with van der Waals surface area (Å²) in [5.74, 6) is -0.399. The number of halogens is 1. The number of nitrogens with zero attached hydrogens (tertiary/aromatic N) is 2.